The number of nitrogens with zero attached hydrogens (tertiary/aromatic N) is 6. The van der Waals surface area contributed by atoms with Crippen molar-refractivity contribution in [3.63, 3.8) is 0 Å². The fraction of sp³-hybridized carbons (Fsp3) is 0. The summed E-state index contributed by atoms with van der Waals surface area (Å²) in [5.41, 5.74) is -20.8. The molecule has 0 saturated carbocycles. The van der Waals surface area contributed by atoms with Gasteiger partial charge in [-0.15, -0.1) is 0 Å². The molecule has 0 N–H and O–H groups in total. The Bertz CT molecular complexity index is 7630. The predicted molar refractivity (Wildman–Crippen MR) is 325 cm³/mol. The second kappa shape index (κ2) is 16.2. The van der Waals surface area contributed by atoms with Gasteiger partial charge in [0.25, 0.3) is 0 Å². The zero-order valence-electron chi connectivity index (χ0n) is 79.1. The standard InChI is InChI=1S/C72H40N6O/c1-74-67-69(75-56-32-11-4-23-46(56)47-24-5-12-33-57(47)75)55(42-73)70(76-58-34-13-6-25-48(58)49-26-7-14-35-59(49)76)72(71(67)77-60-36-15-8-27-50(60)51-28-9-16-37-61(51)77)78-62-38-19-31-52(45-30-18-21-43-20-2-3-22-44(43)45)65(62)54-40-41-64-66(68(54)78)53-29-10-17-39-63(53)79-64/h2-41H/i2D,3D,4D,5D,6D,7D,8D,9D,10D,11D,12D,13D,14D,15D,16D,17D,18D,19D,20D,21D,22D,23D,24D,25D,26D,27D,28D,29D,30D,31D,32D,33D,34D,35D,36D,37D,38D,39D,40D,41D. The molecule has 0 amide bonds. The molecule has 364 valence electrons. The Morgan fingerprint density at radius 2 is 0.785 bits per heavy atom. The Labute approximate surface area is 507 Å². The van der Waals surface area contributed by atoms with Gasteiger partial charge in [0.1, 0.15) is 17.2 Å². The normalized spacial score (nSPS) is 19.1. The number of hydrogen-bond donors (Lipinski definition) is 0. The molecule has 0 atom stereocenters. The molecular weight excluding hydrogens is 965 g/mol. The van der Waals surface area contributed by atoms with Crippen molar-refractivity contribution in [2.45, 2.75) is 0 Å². The summed E-state index contributed by atoms with van der Waals surface area (Å²) in [6, 6.07) is -45.0. The third kappa shape index (κ3) is 5.72. The Balaban J connectivity index is 1.38. The van der Waals surface area contributed by atoms with Gasteiger partial charge in [0.05, 0.1) is 139 Å². The quantitative estimate of drug-likeness (QED) is 0.161. The van der Waals surface area contributed by atoms with Crippen LogP contribution in [-0.4, -0.2) is 18.3 Å². The summed E-state index contributed by atoms with van der Waals surface area (Å²) >= 11 is 0. The van der Waals surface area contributed by atoms with E-state index in [0.717, 1.165) is 0 Å². The van der Waals surface area contributed by atoms with Gasteiger partial charge >= 0.3 is 0 Å². The minimum atomic E-state index is -1.43. The SMILES string of the molecule is [2H]c1c([2H])c([2H])c2c(oc3c([2H])c([2H])c4c5c(-c6c([2H])c([2H])c([2H])c7c([2H])c([2H])c([2H])c([2H])c67)c([2H])c([2H])c([2H])c5n(-c5c(-n6c7c([2H])c([2H])c([2H])c([2H])c7c7c([2H])c([2H])c([2H])c([2H])c76)c(C#N)c(-n6c7c([2H])c([2H])c([2H])c([2H])c7c7c([2H])c([2H])c([2H])c([2H])c76)c([N+]#[C-])c5-n5c6c([2H])c([2H])c([2H])c([2H])c6c6c([2H])c([2H])c([2H])c([2H])c65)c4c32)c1[2H]. The van der Waals surface area contributed by atoms with Gasteiger partial charge in [0.2, 0.25) is 5.69 Å². The highest BCUT2D eigenvalue weighted by atomic mass is 16.3. The van der Waals surface area contributed by atoms with E-state index in [0.29, 0.717) is 18.3 Å². The molecule has 0 aliphatic rings. The molecule has 7 nitrogen and oxygen atoms in total. The molecular formula is C72H40N6O. The number of benzene rings is 12. The lowest BCUT2D eigenvalue weighted by atomic mass is 9.94. The molecule has 5 aromatic heterocycles. The maximum Gasteiger partial charge on any atom is 0.237 e. The van der Waals surface area contributed by atoms with Crippen molar-refractivity contribution in [3.8, 4) is 39.9 Å². The second-order valence-electron chi connectivity index (χ2n) is 17.5. The van der Waals surface area contributed by atoms with Crippen LogP contribution in [0, 0.1) is 17.9 Å². The number of furan rings is 1. The summed E-state index contributed by atoms with van der Waals surface area (Å²) in [6.45, 7) is 10.0. The van der Waals surface area contributed by atoms with Crippen molar-refractivity contribution < 1.29 is 59.2 Å². The minimum absolute atomic E-state index is 0.511. The Morgan fingerprint density at radius 1 is 0.354 bits per heavy atom. The third-order valence-electron chi connectivity index (χ3n) is 13.8. The highest BCUT2D eigenvalue weighted by molar-refractivity contribution is 6.28. The first-order chi connectivity index (χ1) is 55.8. The fourth-order valence-corrected chi connectivity index (χ4v) is 10.9. The van der Waals surface area contributed by atoms with Crippen LogP contribution >= 0.6 is 0 Å². The van der Waals surface area contributed by atoms with E-state index in [1.165, 1.54) is 0 Å². The van der Waals surface area contributed by atoms with Gasteiger partial charge in [-0.1, -0.05) is 181 Å². The summed E-state index contributed by atoms with van der Waals surface area (Å²) in [5.74, 6) is 0. The van der Waals surface area contributed by atoms with Crippen molar-refractivity contribution >= 4 is 126 Å². The van der Waals surface area contributed by atoms with E-state index in [1.54, 1.807) is 0 Å². The fourth-order valence-electron chi connectivity index (χ4n) is 10.9. The zero-order valence-corrected chi connectivity index (χ0v) is 39.1. The minimum Gasteiger partial charge on any atom is -0.456 e. The van der Waals surface area contributed by atoms with Crippen molar-refractivity contribution in [1.29, 1.82) is 5.26 Å². The van der Waals surface area contributed by atoms with Crippen LogP contribution in [0.15, 0.2) is 246 Å². The number of fused-ring (bicyclic) bond motifs is 17. The van der Waals surface area contributed by atoms with Crippen LogP contribution in [0.5, 0.6) is 0 Å². The van der Waals surface area contributed by atoms with Crippen molar-refractivity contribution in [2.75, 3.05) is 0 Å². The monoisotopic (exact) mass is 1040 g/mol. The third-order valence-corrected chi connectivity index (χ3v) is 13.8. The van der Waals surface area contributed by atoms with Crippen molar-refractivity contribution in [3.05, 3.63) is 259 Å². The van der Waals surface area contributed by atoms with E-state index in [9.17, 15) is 59.8 Å². The average molecular weight is 1050 g/mol. The van der Waals surface area contributed by atoms with Gasteiger partial charge in [-0.25, -0.2) is 4.85 Å². The number of nitriles is 1. The lowest BCUT2D eigenvalue weighted by molar-refractivity contribution is 0.669. The van der Waals surface area contributed by atoms with E-state index < -0.39 is 407 Å². The lowest BCUT2D eigenvalue weighted by Crippen LogP contribution is -2.14. The lowest BCUT2D eigenvalue weighted by Gasteiger charge is -2.27. The molecule has 12 aromatic carbocycles. The largest absolute Gasteiger partial charge is 0.456 e. The maximum absolute atomic E-state index is 13.2. The highest BCUT2D eigenvalue weighted by Gasteiger charge is 2.35. The molecule has 0 saturated heterocycles. The number of aromatic nitrogens is 4. The molecule has 7 heteroatoms. The predicted octanol–water partition coefficient (Wildman–Crippen LogP) is 19.2. The first-order valence-electron chi connectivity index (χ1n) is 43.3. The number of hydrogen-bond acceptors (Lipinski definition) is 2. The molecule has 17 rings (SSSR count). The highest BCUT2D eigenvalue weighted by Crippen LogP contribution is 2.54. The molecule has 0 radical (unpaired) electrons. The number of para-hydroxylation sites is 7. The molecule has 0 unspecified atom stereocenters. The van der Waals surface area contributed by atoms with E-state index in [2.05, 4.69) is 4.85 Å². The van der Waals surface area contributed by atoms with Gasteiger partial charge in [0.15, 0.2) is 0 Å². The van der Waals surface area contributed by atoms with E-state index in [1.807, 2.05) is 6.07 Å². The van der Waals surface area contributed by atoms with Gasteiger partial charge < -0.3 is 22.7 Å². The Kier molecular flexibility index (Phi) is 4.06. The van der Waals surface area contributed by atoms with E-state index in [-0.39, 0.29) is 0 Å². The topological polar surface area (TPSA) is 61.0 Å². The van der Waals surface area contributed by atoms with Crippen molar-refractivity contribution in [1.82, 2.24) is 18.3 Å². The molecule has 0 fully saturated rings. The van der Waals surface area contributed by atoms with Gasteiger partial charge in [-0.3, -0.25) is 0 Å². The van der Waals surface area contributed by atoms with Crippen LogP contribution in [0.2, 0.25) is 0 Å². The Morgan fingerprint density at radius 3 is 1.33 bits per heavy atom. The second-order valence-corrected chi connectivity index (χ2v) is 17.5. The molecule has 0 spiro atoms. The summed E-state index contributed by atoms with van der Waals surface area (Å²) in [7, 11) is 0. The summed E-state index contributed by atoms with van der Waals surface area (Å²) in [5, 5.41) is 2.45. The zero-order chi connectivity index (χ0) is 86.8. The molecule has 0 aliphatic carbocycles. The molecule has 0 aliphatic heterocycles. The van der Waals surface area contributed by atoms with Crippen LogP contribution < -0.4 is 0 Å². The summed E-state index contributed by atoms with van der Waals surface area (Å²) in [4.78, 5) is 4.06. The van der Waals surface area contributed by atoms with Gasteiger partial charge in [0, 0.05) is 48.5 Å². The summed E-state index contributed by atoms with van der Waals surface area (Å²) in [6.07, 6.45) is 0. The van der Waals surface area contributed by atoms with Crippen LogP contribution in [0.25, 0.3) is 159 Å². The first-order valence-corrected chi connectivity index (χ1v) is 23.3. The van der Waals surface area contributed by atoms with Crippen LogP contribution in [0.1, 0.15) is 60.4 Å². The summed E-state index contributed by atoms with van der Waals surface area (Å²) < 4.78 is 394. The van der Waals surface area contributed by atoms with Crippen molar-refractivity contribution in [2.24, 2.45) is 0 Å². The first kappa shape index (κ1) is 19.8. The maximum atomic E-state index is 13.2. The van der Waals surface area contributed by atoms with Crippen LogP contribution in [0.4, 0.5) is 5.69 Å². The molecule has 5 heterocycles. The van der Waals surface area contributed by atoms with Crippen LogP contribution in [-0.2, 0) is 0 Å². The van der Waals surface area contributed by atoms with E-state index >= 15 is 0 Å². The molecule has 79 heavy (non-hydrogen) atoms. The van der Waals surface area contributed by atoms with Gasteiger partial charge in [-0.2, -0.15) is 5.26 Å². The van der Waals surface area contributed by atoms with Crippen LogP contribution in [0.3, 0.4) is 0 Å². The Hall–Kier alpha value is -11.1. The smallest absolute Gasteiger partial charge is 0.237 e. The average Bonchev–Trinajstić information content (AvgIpc) is 1.50. The van der Waals surface area contributed by atoms with E-state index in [4.69, 9.17) is 11.3 Å². The molecule has 17 aromatic rings. The number of rotatable bonds is 5. The molecule has 0 bridgehead atoms. The van der Waals surface area contributed by atoms with Gasteiger partial charge in [-0.05, 0) is 82.3 Å².